The van der Waals surface area contributed by atoms with E-state index in [-0.39, 0.29) is 0 Å². The largest absolute Gasteiger partial charge is 0.452 e. The van der Waals surface area contributed by atoms with Gasteiger partial charge in [0.1, 0.15) is 5.82 Å². The van der Waals surface area contributed by atoms with Gasteiger partial charge in [-0.1, -0.05) is 6.07 Å². The molecule has 0 saturated heterocycles. The molecule has 6 heteroatoms. The number of aryl methyl sites for hydroxylation is 1. The number of anilines is 2. The molecule has 26 heavy (non-hydrogen) atoms. The summed E-state index contributed by atoms with van der Waals surface area (Å²) < 4.78 is 18.3. The van der Waals surface area contributed by atoms with E-state index < -0.39 is 24.3 Å². The fourth-order valence-electron chi connectivity index (χ4n) is 2.53. The van der Waals surface area contributed by atoms with Crippen molar-refractivity contribution in [3.05, 3.63) is 59.4 Å². The second kappa shape index (κ2) is 8.99. The van der Waals surface area contributed by atoms with Crippen molar-refractivity contribution < 1.29 is 18.7 Å². The second-order valence-electron chi connectivity index (χ2n) is 5.80. The van der Waals surface area contributed by atoms with Crippen LogP contribution in [-0.2, 0) is 9.53 Å². The number of carbonyl (C=O) groups is 2. The predicted molar refractivity (Wildman–Crippen MR) is 100 cm³/mol. The van der Waals surface area contributed by atoms with Crippen molar-refractivity contribution in [2.45, 2.75) is 20.8 Å². The minimum absolute atomic E-state index is 0.356. The lowest BCUT2D eigenvalue weighted by molar-refractivity contribution is -0.119. The summed E-state index contributed by atoms with van der Waals surface area (Å²) in [5.74, 6) is -1.55. The number of halogens is 1. The van der Waals surface area contributed by atoms with Crippen molar-refractivity contribution in [2.75, 3.05) is 29.9 Å². The molecule has 0 aromatic heterocycles. The molecule has 0 aliphatic heterocycles. The molecule has 2 aromatic rings. The van der Waals surface area contributed by atoms with Gasteiger partial charge in [0.25, 0.3) is 5.91 Å². The van der Waals surface area contributed by atoms with Crippen LogP contribution in [0.2, 0.25) is 0 Å². The van der Waals surface area contributed by atoms with Crippen LogP contribution >= 0.6 is 0 Å². The van der Waals surface area contributed by atoms with E-state index in [1.54, 1.807) is 25.1 Å². The summed E-state index contributed by atoms with van der Waals surface area (Å²) in [6, 6.07) is 11.1. The third-order valence-corrected chi connectivity index (χ3v) is 4.04. The summed E-state index contributed by atoms with van der Waals surface area (Å²) in [5, 5.41) is 2.53. The minimum atomic E-state index is -0.581. The number of nitrogens with one attached hydrogen (secondary N) is 1. The van der Waals surface area contributed by atoms with Crippen LogP contribution in [-0.4, -0.2) is 31.6 Å². The highest BCUT2D eigenvalue weighted by Crippen LogP contribution is 2.17. The lowest BCUT2D eigenvalue weighted by Gasteiger charge is -2.20. The van der Waals surface area contributed by atoms with Crippen molar-refractivity contribution in [1.29, 1.82) is 0 Å². The molecule has 138 valence electrons. The van der Waals surface area contributed by atoms with Crippen LogP contribution < -0.4 is 10.2 Å². The smallest absolute Gasteiger partial charge is 0.338 e. The third-order valence-electron chi connectivity index (χ3n) is 4.04. The summed E-state index contributed by atoms with van der Waals surface area (Å²) in [6.45, 7) is 7.18. The second-order valence-corrected chi connectivity index (χ2v) is 5.80. The Morgan fingerprint density at radius 2 is 1.73 bits per heavy atom. The van der Waals surface area contributed by atoms with Gasteiger partial charge in [0.05, 0.1) is 5.56 Å². The lowest BCUT2D eigenvalue weighted by atomic mass is 10.2. The first-order chi connectivity index (χ1) is 12.4. The van der Waals surface area contributed by atoms with Gasteiger partial charge in [0, 0.05) is 24.5 Å². The standard InChI is InChI=1S/C20H23FN2O3/c1-4-23(5-2)17-10-7-15(8-11-17)20(25)26-13-19(24)22-18-12-16(21)9-6-14(18)3/h6-12H,4-5,13H2,1-3H3,(H,22,24). The number of ether oxygens (including phenoxy) is 1. The van der Waals surface area contributed by atoms with E-state index in [1.165, 1.54) is 12.1 Å². The Morgan fingerprint density at radius 3 is 2.35 bits per heavy atom. The average molecular weight is 358 g/mol. The Bertz CT molecular complexity index is 771. The van der Waals surface area contributed by atoms with Crippen LogP contribution in [0.5, 0.6) is 0 Å². The Kier molecular flexibility index (Phi) is 6.72. The molecule has 0 bridgehead atoms. The molecular formula is C20H23FN2O3. The molecule has 0 atom stereocenters. The van der Waals surface area contributed by atoms with Crippen LogP contribution in [0.25, 0.3) is 0 Å². The number of carbonyl (C=O) groups excluding carboxylic acids is 2. The van der Waals surface area contributed by atoms with Crippen LogP contribution in [0.4, 0.5) is 15.8 Å². The molecule has 0 radical (unpaired) electrons. The maximum Gasteiger partial charge on any atom is 0.338 e. The number of rotatable bonds is 7. The van der Waals surface area contributed by atoms with E-state index in [1.807, 2.05) is 12.1 Å². The zero-order valence-electron chi connectivity index (χ0n) is 15.2. The average Bonchev–Trinajstić information content (AvgIpc) is 2.64. The van der Waals surface area contributed by atoms with E-state index >= 15 is 0 Å². The maximum atomic E-state index is 13.2. The van der Waals surface area contributed by atoms with Gasteiger partial charge in [0.2, 0.25) is 0 Å². The summed E-state index contributed by atoms with van der Waals surface area (Å²) >= 11 is 0. The quantitative estimate of drug-likeness (QED) is 0.766. The number of esters is 1. The van der Waals surface area contributed by atoms with Gasteiger partial charge >= 0.3 is 5.97 Å². The molecule has 5 nitrogen and oxygen atoms in total. The van der Waals surface area contributed by atoms with Gasteiger partial charge in [-0.25, -0.2) is 9.18 Å². The number of nitrogens with zero attached hydrogens (tertiary/aromatic N) is 1. The zero-order valence-corrected chi connectivity index (χ0v) is 15.2. The van der Waals surface area contributed by atoms with Crippen LogP contribution in [0.15, 0.2) is 42.5 Å². The molecule has 1 N–H and O–H groups in total. The summed E-state index contributed by atoms with van der Waals surface area (Å²) in [6.07, 6.45) is 0. The van der Waals surface area contributed by atoms with Crippen LogP contribution in [0, 0.1) is 12.7 Å². The first-order valence-electron chi connectivity index (χ1n) is 8.52. The van der Waals surface area contributed by atoms with Gasteiger partial charge < -0.3 is 15.0 Å². The molecule has 0 aliphatic carbocycles. The molecule has 0 aliphatic rings. The molecule has 2 rings (SSSR count). The van der Waals surface area contributed by atoms with Crippen molar-refractivity contribution >= 4 is 23.3 Å². The number of benzene rings is 2. The normalized spacial score (nSPS) is 10.3. The van der Waals surface area contributed by atoms with E-state index in [2.05, 4.69) is 24.1 Å². The summed E-state index contributed by atoms with van der Waals surface area (Å²) in [4.78, 5) is 26.1. The number of amides is 1. The highest BCUT2D eigenvalue weighted by Gasteiger charge is 2.12. The minimum Gasteiger partial charge on any atom is -0.452 e. The van der Waals surface area contributed by atoms with Crippen LogP contribution in [0.3, 0.4) is 0 Å². The summed E-state index contributed by atoms with van der Waals surface area (Å²) in [5.41, 5.74) is 2.47. The van der Waals surface area contributed by atoms with Crippen molar-refractivity contribution in [3.8, 4) is 0 Å². The maximum absolute atomic E-state index is 13.2. The van der Waals surface area contributed by atoms with Crippen molar-refractivity contribution in [2.24, 2.45) is 0 Å². The Balaban J connectivity index is 1.91. The highest BCUT2D eigenvalue weighted by atomic mass is 19.1. The SMILES string of the molecule is CCN(CC)c1ccc(C(=O)OCC(=O)Nc2cc(F)ccc2C)cc1. The fourth-order valence-corrected chi connectivity index (χ4v) is 2.53. The van der Waals surface area contributed by atoms with Gasteiger partial charge in [-0.3, -0.25) is 4.79 Å². The molecule has 0 fully saturated rings. The van der Waals surface area contributed by atoms with E-state index in [9.17, 15) is 14.0 Å². The Morgan fingerprint density at radius 1 is 1.08 bits per heavy atom. The third kappa shape index (κ3) is 5.05. The van der Waals surface area contributed by atoms with E-state index in [0.29, 0.717) is 11.3 Å². The Hall–Kier alpha value is -2.89. The van der Waals surface area contributed by atoms with Gasteiger partial charge in [-0.2, -0.15) is 0 Å². The van der Waals surface area contributed by atoms with Crippen molar-refractivity contribution in [3.63, 3.8) is 0 Å². The molecule has 0 saturated carbocycles. The first-order valence-corrected chi connectivity index (χ1v) is 8.52. The van der Waals surface area contributed by atoms with Crippen LogP contribution in [0.1, 0.15) is 29.8 Å². The van der Waals surface area contributed by atoms with Gasteiger partial charge in [-0.15, -0.1) is 0 Å². The molecular weight excluding hydrogens is 335 g/mol. The summed E-state index contributed by atoms with van der Waals surface area (Å²) in [7, 11) is 0. The van der Waals surface area contributed by atoms with Gasteiger partial charge in [-0.05, 0) is 62.7 Å². The number of hydrogen-bond acceptors (Lipinski definition) is 4. The van der Waals surface area contributed by atoms with Gasteiger partial charge in [0.15, 0.2) is 6.61 Å². The molecule has 0 heterocycles. The monoisotopic (exact) mass is 358 g/mol. The molecule has 0 spiro atoms. The van der Waals surface area contributed by atoms with E-state index in [4.69, 9.17) is 4.74 Å². The highest BCUT2D eigenvalue weighted by molar-refractivity contribution is 5.96. The zero-order chi connectivity index (χ0) is 19.1. The molecule has 2 aromatic carbocycles. The Labute approximate surface area is 152 Å². The lowest BCUT2D eigenvalue weighted by Crippen LogP contribution is -2.22. The topological polar surface area (TPSA) is 58.6 Å². The number of hydrogen-bond donors (Lipinski definition) is 1. The van der Waals surface area contributed by atoms with Crippen molar-refractivity contribution in [1.82, 2.24) is 0 Å². The van der Waals surface area contributed by atoms with E-state index in [0.717, 1.165) is 24.3 Å². The first kappa shape index (κ1) is 19.4. The predicted octanol–water partition coefficient (Wildman–Crippen LogP) is 3.78. The fraction of sp³-hybridized carbons (Fsp3) is 0.300. The molecule has 1 amide bonds. The molecule has 0 unspecified atom stereocenters.